The lowest BCUT2D eigenvalue weighted by Crippen LogP contribution is -2.71. The van der Waals surface area contributed by atoms with Crippen molar-refractivity contribution >= 4 is 51.7 Å². The molecule has 1 aliphatic carbocycles. The number of hydrogen-bond acceptors (Lipinski definition) is 10. The first-order valence-corrected chi connectivity index (χ1v) is 12.8. The Labute approximate surface area is 208 Å². The second-order valence-corrected chi connectivity index (χ2v) is 10.3. The maximum absolute atomic E-state index is 13.0. The highest BCUT2D eigenvalue weighted by Crippen LogP contribution is 2.40. The quantitative estimate of drug-likeness (QED) is 0.206. The third kappa shape index (κ3) is 4.25. The van der Waals surface area contributed by atoms with Crippen LogP contribution in [0, 0.1) is 0 Å². The number of aliphatic carboxylic acids is 1. The molecule has 0 spiro atoms. The van der Waals surface area contributed by atoms with Crippen molar-refractivity contribution in [3.05, 3.63) is 51.9 Å². The molecule has 5 rings (SSSR count). The molecule has 2 amide bonds. The van der Waals surface area contributed by atoms with E-state index >= 15 is 0 Å². The van der Waals surface area contributed by atoms with Crippen molar-refractivity contribution in [2.45, 2.75) is 37.2 Å². The average Bonchev–Trinajstić information content (AvgIpc) is 3.48. The van der Waals surface area contributed by atoms with Gasteiger partial charge >= 0.3 is 0 Å². The zero-order valence-electron chi connectivity index (χ0n) is 18.7. The molecule has 2 atom stereocenters. The van der Waals surface area contributed by atoms with Gasteiger partial charge in [0.15, 0.2) is 29.8 Å². The van der Waals surface area contributed by atoms with Crippen molar-refractivity contribution in [1.29, 1.82) is 0 Å². The largest absolute Gasteiger partial charge is 0.543 e. The van der Waals surface area contributed by atoms with Crippen LogP contribution in [-0.2, 0) is 38.6 Å². The summed E-state index contributed by atoms with van der Waals surface area (Å²) in [5.74, 6) is -2.23. The Bertz CT molecular complexity index is 1290. The minimum Gasteiger partial charge on any atom is -0.543 e. The van der Waals surface area contributed by atoms with Crippen LogP contribution in [0.3, 0.4) is 0 Å². The number of thiazole rings is 1. The minimum atomic E-state index is -1.41. The zero-order valence-corrected chi connectivity index (χ0v) is 20.4. The first-order valence-electron chi connectivity index (χ1n) is 10.9. The van der Waals surface area contributed by atoms with Gasteiger partial charge in [0.1, 0.15) is 24.2 Å². The molecule has 4 heterocycles. The van der Waals surface area contributed by atoms with E-state index in [1.165, 1.54) is 34.9 Å². The molecule has 0 bridgehead atoms. The Morgan fingerprint density at radius 1 is 1.40 bits per heavy atom. The molecule has 1 saturated heterocycles. The van der Waals surface area contributed by atoms with E-state index in [0.29, 0.717) is 17.9 Å². The lowest BCUT2D eigenvalue weighted by atomic mass is 10.0. The molecule has 3 aliphatic rings. The van der Waals surface area contributed by atoms with Gasteiger partial charge in [0.2, 0.25) is 0 Å². The van der Waals surface area contributed by atoms with Gasteiger partial charge in [-0.15, -0.1) is 23.1 Å². The van der Waals surface area contributed by atoms with Gasteiger partial charge < -0.3 is 25.8 Å². The molecule has 0 unspecified atom stereocenters. The molecular formula is C22H22N6O5S2. The van der Waals surface area contributed by atoms with Crippen LogP contribution in [0.4, 0.5) is 5.13 Å². The van der Waals surface area contributed by atoms with Crippen molar-refractivity contribution in [3.8, 4) is 0 Å². The Kier molecular flexibility index (Phi) is 6.19. The number of amides is 2. The number of oxime groups is 1. The van der Waals surface area contributed by atoms with Crippen molar-refractivity contribution in [2.24, 2.45) is 5.16 Å². The fourth-order valence-electron chi connectivity index (χ4n) is 4.57. The topological polar surface area (TPSA) is 154 Å². The Balaban J connectivity index is 1.34. The molecule has 0 radical (unpaired) electrons. The van der Waals surface area contributed by atoms with E-state index in [1.54, 1.807) is 5.38 Å². The summed E-state index contributed by atoms with van der Waals surface area (Å²) < 4.78 is 1.94. The predicted molar refractivity (Wildman–Crippen MR) is 126 cm³/mol. The number of carboxylic acid groups (broad SMARTS) is 1. The molecule has 1 fully saturated rings. The van der Waals surface area contributed by atoms with E-state index in [-0.39, 0.29) is 22.2 Å². The van der Waals surface area contributed by atoms with Crippen molar-refractivity contribution < 1.29 is 28.9 Å². The number of carbonyl (C=O) groups excluding carboxylic acids is 3. The highest BCUT2D eigenvalue weighted by Gasteiger charge is 2.53. The number of rotatable bonds is 7. The van der Waals surface area contributed by atoms with Crippen LogP contribution in [0.15, 0.2) is 40.3 Å². The summed E-state index contributed by atoms with van der Waals surface area (Å²) in [7, 11) is 1.29. The van der Waals surface area contributed by atoms with E-state index in [2.05, 4.69) is 21.5 Å². The number of carboxylic acids is 1. The summed E-state index contributed by atoms with van der Waals surface area (Å²) in [4.78, 5) is 47.9. The van der Waals surface area contributed by atoms with Crippen LogP contribution in [-0.4, -0.2) is 57.7 Å². The molecule has 2 aliphatic heterocycles. The molecule has 0 saturated carbocycles. The number of nitrogen functional groups attached to an aromatic ring is 1. The van der Waals surface area contributed by atoms with Gasteiger partial charge in [0.05, 0.1) is 11.7 Å². The lowest BCUT2D eigenvalue weighted by molar-refractivity contribution is -0.689. The van der Waals surface area contributed by atoms with Gasteiger partial charge in [-0.05, 0) is 24.8 Å². The molecule has 3 N–H and O–H groups in total. The van der Waals surface area contributed by atoms with Crippen LogP contribution in [0.2, 0.25) is 0 Å². The maximum Gasteiger partial charge on any atom is 0.276 e. The van der Waals surface area contributed by atoms with Crippen molar-refractivity contribution in [3.63, 3.8) is 0 Å². The fourth-order valence-corrected chi connectivity index (χ4v) is 6.45. The standard InChI is InChI=1S/C22H22N6O5S2/c1-33-26-15(14-10-35-22(23)24-14)18(29)25-16-19(30)28-17(21(31)32)13(9-34-20(16)28)8-27-6-5-11-3-2-4-12(11)7-27/h5-7,10,16,20H,2-4,8-9H2,1H3,(H3-,23,24,25,29,31,32)/b26-15-/t16-,20-/m1/s1. The number of carbonyl (C=O) groups is 3. The van der Waals surface area contributed by atoms with Crippen molar-refractivity contribution in [1.82, 2.24) is 15.2 Å². The average molecular weight is 515 g/mol. The Morgan fingerprint density at radius 3 is 2.91 bits per heavy atom. The number of nitrogens with two attached hydrogens (primary N) is 1. The summed E-state index contributed by atoms with van der Waals surface area (Å²) in [6.07, 6.45) is 7.16. The summed E-state index contributed by atoms with van der Waals surface area (Å²) >= 11 is 2.52. The van der Waals surface area contributed by atoms with Gasteiger partial charge in [0, 0.05) is 28.3 Å². The molecule has 0 aromatic carbocycles. The maximum atomic E-state index is 13.0. The number of pyridine rings is 1. The summed E-state index contributed by atoms with van der Waals surface area (Å²) in [5.41, 5.74) is 8.78. The number of aromatic nitrogens is 2. The van der Waals surface area contributed by atoms with E-state index in [1.807, 2.05) is 17.0 Å². The highest BCUT2D eigenvalue weighted by molar-refractivity contribution is 8.00. The van der Waals surface area contributed by atoms with E-state index in [0.717, 1.165) is 30.6 Å². The van der Waals surface area contributed by atoms with Crippen LogP contribution in [0.5, 0.6) is 0 Å². The molecule has 182 valence electrons. The first-order chi connectivity index (χ1) is 16.9. The van der Waals surface area contributed by atoms with Gasteiger partial charge in [-0.3, -0.25) is 14.5 Å². The van der Waals surface area contributed by atoms with Crippen LogP contribution in [0.25, 0.3) is 0 Å². The first kappa shape index (κ1) is 23.3. The molecule has 2 aromatic heterocycles. The summed E-state index contributed by atoms with van der Waals surface area (Å²) in [6.45, 7) is 0.340. The van der Waals surface area contributed by atoms with Gasteiger partial charge in [-0.1, -0.05) is 5.16 Å². The smallest absolute Gasteiger partial charge is 0.276 e. The van der Waals surface area contributed by atoms with Crippen LogP contribution in [0.1, 0.15) is 23.2 Å². The van der Waals surface area contributed by atoms with Crippen LogP contribution >= 0.6 is 23.1 Å². The molecular weight excluding hydrogens is 492 g/mol. The number of nitrogens with zero attached hydrogens (tertiary/aromatic N) is 4. The molecule has 2 aromatic rings. The number of hydrogen-bond donors (Lipinski definition) is 2. The number of anilines is 1. The third-order valence-electron chi connectivity index (χ3n) is 6.16. The minimum absolute atomic E-state index is 0.128. The third-order valence-corrected chi connectivity index (χ3v) is 8.17. The van der Waals surface area contributed by atoms with Gasteiger partial charge in [-0.25, -0.2) is 9.55 Å². The normalized spacial score (nSPS) is 21.3. The predicted octanol–water partition coefficient (Wildman–Crippen LogP) is -1.04. The number of nitrogens with one attached hydrogen (secondary N) is 1. The van der Waals surface area contributed by atoms with Gasteiger partial charge in [-0.2, -0.15) is 0 Å². The summed E-state index contributed by atoms with van der Waals surface area (Å²) in [5, 5.41) is 19.6. The highest BCUT2D eigenvalue weighted by atomic mass is 32.2. The zero-order chi connectivity index (χ0) is 24.7. The number of thioether (sulfide) groups is 1. The second-order valence-electron chi connectivity index (χ2n) is 8.32. The lowest BCUT2D eigenvalue weighted by Gasteiger charge is -2.50. The van der Waals surface area contributed by atoms with E-state index in [9.17, 15) is 19.5 Å². The number of β-lactam (4-membered cyclic amide) rings is 1. The monoisotopic (exact) mass is 514 g/mol. The molecule has 11 nitrogen and oxygen atoms in total. The van der Waals surface area contributed by atoms with Crippen molar-refractivity contribution in [2.75, 3.05) is 18.6 Å². The molecule has 13 heteroatoms. The van der Waals surface area contributed by atoms with E-state index in [4.69, 9.17) is 10.6 Å². The van der Waals surface area contributed by atoms with Crippen LogP contribution < -0.4 is 20.7 Å². The Hall–Kier alpha value is -3.45. The van der Waals surface area contributed by atoms with Gasteiger partial charge in [0.25, 0.3) is 11.8 Å². The fraction of sp³-hybridized carbons (Fsp3) is 0.364. The summed E-state index contributed by atoms with van der Waals surface area (Å²) in [6, 6.07) is 1.14. The number of aryl methyl sites for hydroxylation is 2. The second kappa shape index (κ2) is 9.30. The SMILES string of the molecule is CO/N=C(\C(=O)N[C@@H]1C(=O)N2C(C(=O)[O-])=C(C[n+]3ccc4c(c3)CCC4)CS[C@H]12)c1csc(N)n1. The Morgan fingerprint density at radius 2 is 2.20 bits per heavy atom. The molecule has 35 heavy (non-hydrogen) atoms. The van der Waals surface area contributed by atoms with E-state index < -0.39 is 29.2 Å². The number of fused-ring (bicyclic) bond motifs is 2.